The fourth-order valence-corrected chi connectivity index (χ4v) is 1.86. The van der Waals surface area contributed by atoms with Crippen molar-refractivity contribution in [1.29, 1.82) is 0 Å². The van der Waals surface area contributed by atoms with Crippen LogP contribution in [0.3, 0.4) is 0 Å². The van der Waals surface area contributed by atoms with Gasteiger partial charge in [-0.3, -0.25) is 0 Å². The average Bonchev–Trinajstić information content (AvgIpc) is 2.48. The van der Waals surface area contributed by atoms with Crippen LogP contribution in [0.5, 0.6) is 0 Å². The highest BCUT2D eigenvalue weighted by Crippen LogP contribution is 2.24. The number of rotatable bonds is 15. The summed E-state index contributed by atoms with van der Waals surface area (Å²) in [6.07, 6.45) is 14.0. The fraction of sp³-hybridized carbons (Fsp3) is 0.889. The van der Waals surface area contributed by atoms with Gasteiger partial charge in [0.25, 0.3) is 5.97 Å². The Morgan fingerprint density at radius 3 is 1.52 bits per heavy atom. The fourth-order valence-electron chi connectivity index (χ4n) is 1.86. The second-order valence-electron chi connectivity index (χ2n) is 5.35. The van der Waals surface area contributed by atoms with Crippen LogP contribution in [-0.2, 0) is 14.2 Å². The predicted octanol–water partition coefficient (Wildman–Crippen LogP) is 4.89. The summed E-state index contributed by atoms with van der Waals surface area (Å²) in [5, 5.41) is 0. The molecule has 0 heterocycles. The number of hydrogen-bond acceptors (Lipinski definition) is 3. The molecule has 0 aliphatic rings. The average molecular weight is 298 g/mol. The molecular weight excluding hydrogens is 264 g/mol. The maximum atomic E-state index is 6.00. The van der Waals surface area contributed by atoms with Gasteiger partial charge in [-0.05, 0) is 25.7 Å². The van der Waals surface area contributed by atoms with Crippen molar-refractivity contribution in [3.05, 3.63) is 0 Å². The summed E-state index contributed by atoms with van der Waals surface area (Å²) >= 11 is 0. The number of hydrogen-bond donors (Lipinski definition) is 0. The molecule has 0 aliphatic carbocycles. The summed E-state index contributed by atoms with van der Waals surface area (Å²) in [7, 11) is 0. The lowest BCUT2D eigenvalue weighted by Crippen LogP contribution is -2.40. The summed E-state index contributed by atoms with van der Waals surface area (Å²) < 4.78 is 18.0. The Bertz CT molecular complexity index is 231. The summed E-state index contributed by atoms with van der Waals surface area (Å²) in [4.78, 5) is 0. The highest BCUT2D eigenvalue weighted by atomic mass is 16.9. The van der Waals surface area contributed by atoms with Crippen LogP contribution in [0.1, 0.15) is 78.6 Å². The van der Waals surface area contributed by atoms with Crippen LogP contribution in [0.4, 0.5) is 0 Å². The third kappa shape index (κ3) is 10.8. The largest absolute Gasteiger partial charge is 0.327 e. The van der Waals surface area contributed by atoms with Gasteiger partial charge in [0, 0.05) is 12.8 Å². The van der Waals surface area contributed by atoms with E-state index < -0.39 is 5.97 Å². The first-order chi connectivity index (χ1) is 10.2. The SMILES string of the molecule is C#CCCCC(OCCCC)(OCCCC)OCCCC. The molecule has 124 valence electrons. The Hall–Kier alpha value is -0.560. The van der Waals surface area contributed by atoms with Crippen LogP contribution in [0.2, 0.25) is 0 Å². The van der Waals surface area contributed by atoms with Crippen LogP contribution in [-0.4, -0.2) is 25.8 Å². The van der Waals surface area contributed by atoms with Crippen LogP contribution in [0.15, 0.2) is 0 Å². The van der Waals surface area contributed by atoms with Gasteiger partial charge in [0.1, 0.15) is 0 Å². The molecule has 0 aromatic carbocycles. The van der Waals surface area contributed by atoms with Gasteiger partial charge in [-0.15, -0.1) is 12.3 Å². The van der Waals surface area contributed by atoms with Crippen LogP contribution >= 0.6 is 0 Å². The molecule has 0 bridgehead atoms. The lowest BCUT2D eigenvalue weighted by molar-refractivity contribution is -0.384. The zero-order chi connectivity index (χ0) is 15.8. The minimum atomic E-state index is -0.892. The zero-order valence-electron chi connectivity index (χ0n) is 14.3. The first-order valence-electron chi connectivity index (χ1n) is 8.60. The van der Waals surface area contributed by atoms with E-state index in [0.29, 0.717) is 26.2 Å². The van der Waals surface area contributed by atoms with E-state index in [1.165, 1.54) is 0 Å². The Labute approximate surface area is 131 Å². The van der Waals surface area contributed by atoms with E-state index in [1.54, 1.807) is 0 Å². The van der Waals surface area contributed by atoms with E-state index in [4.69, 9.17) is 20.6 Å². The van der Waals surface area contributed by atoms with E-state index in [2.05, 4.69) is 26.7 Å². The summed E-state index contributed by atoms with van der Waals surface area (Å²) in [5.74, 6) is 1.78. The van der Waals surface area contributed by atoms with Crippen LogP contribution in [0, 0.1) is 12.3 Å². The van der Waals surface area contributed by atoms with E-state index in [1.807, 2.05) is 0 Å². The van der Waals surface area contributed by atoms with Gasteiger partial charge in [-0.25, -0.2) is 0 Å². The predicted molar refractivity (Wildman–Crippen MR) is 88.0 cm³/mol. The Kier molecular flexibility index (Phi) is 14.0. The standard InChI is InChI=1S/C18H34O3/c1-5-9-13-14-18(19-15-10-6-2,20-16-11-7-3)21-17-12-8-4/h1H,6-17H2,2-4H3. The lowest BCUT2D eigenvalue weighted by atomic mass is 10.2. The molecule has 0 atom stereocenters. The highest BCUT2D eigenvalue weighted by molar-refractivity contribution is 4.83. The highest BCUT2D eigenvalue weighted by Gasteiger charge is 2.32. The number of terminal acetylenes is 1. The third-order valence-corrected chi connectivity index (χ3v) is 3.26. The molecule has 0 amide bonds. The Balaban J connectivity index is 4.57. The normalized spacial score (nSPS) is 11.5. The molecule has 0 rings (SSSR count). The molecule has 0 N–H and O–H groups in total. The first kappa shape index (κ1) is 20.4. The molecule has 3 heteroatoms. The molecule has 3 nitrogen and oxygen atoms in total. The van der Waals surface area contributed by atoms with Gasteiger partial charge in [0.05, 0.1) is 19.8 Å². The second kappa shape index (κ2) is 14.4. The monoisotopic (exact) mass is 298 g/mol. The molecule has 0 unspecified atom stereocenters. The maximum Gasteiger partial charge on any atom is 0.282 e. The van der Waals surface area contributed by atoms with Gasteiger partial charge < -0.3 is 14.2 Å². The van der Waals surface area contributed by atoms with E-state index in [9.17, 15) is 0 Å². The minimum Gasteiger partial charge on any atom is -0.327 e. The summed E-state index contributed by atoms with van der Waals surface area (Å²) in [6.45, 7) is 8.47. The van der Waals surface area contributed by atoms with E-state index in [-0.39, 0.29) is 0 Å². The Morgan fingerprint density at radius 1 is 0.762 bits per heavy atom. The van der Waals surface area contributed by atoms with Crippen molar-refractivity contribution in [2.24, 2.45) is 0 Å². The van der Waals surface area contributed by atoms with Crippen molar-refractivity contribution < 1.29 is 14.2 Å². The van der Waals surface area contributed by atoms with Crippen molar-refractivity contribution in [2.45, 2.75) is 84.5 Å². The van der Waals surface area contributed by atoms with Crippen molar-refractivity contribution in [1.82, 2.24) is 0 Å². The van der Waals surface area contributed by atoms with Gasteiger partial charge in [0.15, 0.2) is 0 Å². The molecule has 0 aromatic heterocycles. The van der Waals surface area contributed by atoms with Crippen molar-refractivity contribution in [3.8, 4) is 12.3 Å². The van der Waals surface area contributed by atoms with Gasteiger partial charge >= 0.3 is 0 Å². The molecular formula is C18H34O3. The maximum absolute atomic E-state index is 6.00. The number of ether oxygens (including phenoxy) is 3. The lowest BCUT2D eigenvalue weighted by Gasteiger charge is -2.33. The van der Waals surface area contributed by atoms with Crippen molar-refractivity contribution in [2.75, 3.05) is 19.8 Å². The van der Waals surface area contributed by atoms with Crippen molar-refractivity contribution in [3.63, 3.8) is 0 Å². The zero-order valence-corrected chi connectivity index (χ0v) is 14.3. The smallest absolute Gasteiger partial charge is 0.282 e. The second-order valence-corrected chi connectivity index (χ2v) is 5.35. The van der Waals surface area contributed by atoms with Gasteiger partial charge in [0.2, 0.25) is 0 Å². The summed E-state index contributed by atoms with van der Waals surface area (Å²) in [6, 6.07) is 0. The molecule has 21 heavy (non-hydrogen) atoms. The van der Waals surface area contributed by atoms with E-state index in [0.717, 1.165) is 51.4 Å². The van der Waals surface area contributed by atoms with Gasteiger partial charge in [-0.2, -0.15) is 0 Å². The molecule has 0 saturated heterocycles. The molecule has 0 spiro atoms. The van der Waals surface area contributed by atoms with Gasteiger partial charge in [-0.1, -0.05) is 40.0 Å². The molecule has 0 saturated carbocycles. The topological polar surface area (TPSA) is 27.7 Å². The first-order valence-corrected chi connectivity index (χ1v) is 8.60. The Morgan fingerprint density at radius 2 is 1.19 bits per heavy atom. The molecule has 0 aromatic rings. The van der Waals surface area contributed by atoms with Crippen molar-refractivity contribution >= 4 is 0 Å². The van der Waals surface area contributed by atoms with Crippen LogP contribution < -0.4 is 0 Å². The minimum absolute atomic E-state index is 0.671. The van der Waals surface area contributed by atoms with E-state index >= 15 is 0 Å². The number of unbranched alkanes of at least 4 members (excludes halogenated alkanes) is 4. The van der Waals surface area contributed by atoms with Crippen LogP contribution in [0.25, 0.3) is 0 Å². The summed E-state index contributed by atoms with van der Waals surface area (Å²) in [5.41, 5.74) is 0. The molecule has 0 radical (unpaired) electrons. The third-order valence-electron chi connectivity index (χ3n) is 3.26. The molecule has 0 fully saturated rings. The molecule has 0 aliphatic heterocycles. The quantitative estimate of drug-likeness (QED) is 0.245.